The van der Waals surface area contributed by atoms with E-state index in [2.05, 4.69) is 10.6 Å². The molecule has 0 radical (unpaired) electrons. The summed E-state index contributed by atoms with van der Waals surface area (Å²) in [7, 11) is 3.18. The SMILES string of the molecule is COc1cc2nc3c(c(N[C@H]4CNCC(F)(F)C4)c2cc1OC)CCC3. The first-order valence-corrected chi connectivity index (χ1v) is 8.93. The third kappa shape index (κ3) is 3.05. The molecule has 1 atom stereocenters. The second kappa shape index (κ2) is 6.54. The molecular weight excluding hydrogens is 340 g/mol. The minimum Gasteiger partial charge on any atom is -0.493 e. The predicted octanol–water partition coefficient (Wildman–Crippen LogP) is 3.15. The number of aryl methyl sites for hydroxylation is 1. The maximum absolute atomic E-state index is 13.8. The third-order valence-corrected chi connectivity index (χ3v) is 5.18. The van der Waals surface area contributed by atoms with Gasteiger partial charge in [0.1, 0.15) is 0 Å². The molecule has 0 amide bonds. The van der Waals surface area contributed by atoms with Gasteiger partial charge in [0.2, 0.25) is 0 Å². The molecule has 0 bridgehead atoms. The first-order chi connectivity index (χ1) is 12.5. The Morgan fingerprint density at radius 1 is 1.19 bits per heavy atom. The smallest absolute Gasteiger partial charge is 0.262 e. The van der Waals surface area contributed by atoms with Crippen molar-refractivity contribution >= 4 is 16.6 Å². The highest BCUT2D eigenvalue weighted by Gasteiger charge is 2.37. The van der Waals surface area contributed by atoms with E-state index < -0.39 is 5.92 Å². The van der Waals surface area contributed by atoms with Crippen LogP contribution < -0.4 is 20.1 Å². The highest BCUT2D eigenvalue weighted by molar-refractivity contribution is 5.96. The number of fused-ring (bicyclic) bond motifs is 2. The number of nitrogens with zero attached hydrogens (tertiary/aromatic N) is 1. The van der Waals surface area contributed by atoms with E-state index in [0.29, 0.717) is 18.0 Å². The van der Waals surface area contributed by atoms with Crippen molar-refractivity contribution in [1.29, 1.82) is 0 Å². The summed E-state index contributed by atoms with van der Waals surface area (Å²) in [6.45, 7) is 0.257. The number of methoxy groups -OCH3 is 2. The number of hydrogen-bond donors (Lipinski definition) is 2. The lowest BCUT2D eigenvalue weighted by Gasteiger charge is -2.32. The van der Waals surface area contributed by atoms with Crippen LogP contribution in [0.1, 0.15) is 24.1 Å². The minimum absolute atomic E-state index is 0.175. The highest BCUT2D eigenvalue weighted by Crippen LogP contribution is 2.40. The number of benzene rings is 1. The Morgan fingerprint density at radius 2 is 1.96 bits per heavy atom. The molecule has 1 fully saturated rings. The molecule has 2 aliphatic rings. The predicted molar refractivity (Wildman–Crippen MR) is 96.7 cm³/mol. The van der Waals surface area contributed by atoms with Crippen molar-refractivity contribution in [3.8, 4) is 11.5 Å². The van der Waals surface area contributed by atoms with Crippen molar-refractivity contribution in [3.63, 3.8) is 0 Å². The standard InChI is InChI=1S/C19H23F2N3O2/c1-25-16-6-13-15(7-17(16)26-2)24-14-5-3-4-12(14)18(13)23-11-8-19(20,21)10-22-9-11/h6-7,11,22H,3-5,8-10H2,1-2H3,(H,23,24)/t11-/m1/s1. The number of nitrogens with one attached hydrogen (secondary N) is 2. The zero-order valence-corrected chi connectivity index (χ0v) is 15.0. The van der Waals surface area contributed by atoms with Gasteiger partial charge in [-0.25, -0.2) is 8.78 Å². The topological polar surface area (TPSA) is 55.4 Å². The maximum Gasteiger partial charge on any atom is 0.262 e. The first-order valence-electron chi connectivity index (χ1n) is 8.93. The van der Waals surface area contributed by atoms with Crippen LogP contribution in [-0.2, 0) is 12.8 Å². The summed E-state index contributed by atoms with van der Waals surface area (Å²) in [5, 5.41) is 7.11. The van der Waals surface area contributed by atoms with Gasteiger partial charge in [0, 0.05) is 41.8 Å². The van der Waals surface area contributed by atoms with Crippen molar-refractivity contribution in [2.45, 2.75) is 37.6 Å². The number of alkyl halides is 2. The summed E-state index contributed by atoms with van der Waals surface area (Å²) >= 11 is 0. The van der Waals surface area contributed by atoms with Crippen LogP contribution in [0.2, 0.25) is 0 Å². The summed E-state index contributed by atoms with van der Waals surface area (Å²) in [6.07, 6.45) is 2.67. The molecule has 140 valence electrons. The van der Waals surface area contributed by atoms with Gasteiger partial charge in [-0.1, -0.05) is 0 Å². The van der Waals surface area contributed by atoms with Crippen molar-refractivity contribution in [1.82, 2.24) is 10.3 Å². The fraction of sp³-hybridized carbons (Fsp3) is 0.526. The maximum atomic E-state index is 13.8. The largest absolute Gasteiger partial charge is 0.493 e. The fourth-order valence-corrected chi connectivity index (χ4v) is 3.99. The van der Waals surface area contributed by atoms with E-state index in [4.69, 9.17) is 14.5 Å². The van der Waals surface area contributed by atoms with Crippen LogP contribution in [0.25, 0.3) is 10.9 Å². The van der Waals surface area contributed by atoms with Crippen LogP contribution in [0, 0.1) is 0 Å². The van der Waals surface area contributed by atoms with Crippen molar-refractivity contribution < 1.29 is 18.3 Å². The molecule has 0 unspecified atom stereocenters. The van der Waals surface area contributed by atoms with Gasteiger partial charge < -0.3 is 20.1 Å². The van der Waals surface area contributed by atoms with Gasteiger partial charge in [0.05, 0.1) is 26.3 Å². The number of ether oxygens (including phenoxy) is 2. The van der Waals surface area contributed by atoms with Crippen LogP contribution in [0.3, 0.4) is 0 Å². The number of pyridine rings is 1. The van der Waals surface area contributed by atoms with Crippen molar-refractivity contribution in [3.05, 3.63) is 23.4 Å². The Morgan fingerprint density at radius 3 is 2.69 bits per heavy atom. The average molecular weight is 363 g/mol. The van der Waals surface area contributed by atoms with Crippen LogP contribution in [-0.4, -0.2) is 44.3 Å². The molecular formula is C19H23F2N3O2. The normalized spacial score (nSPS) is 21.5. The van der Waals surface area contributed by atoms with Gasteiger partial charge in [-0.3, -0.25) is 4.98 Å². The highest BCUT2D eigenvalue weighted by atomic mass is 19.3. The molecule has 1 aromatic carbocycles. The third-order valence-electron chi connectivity index (χ3n) is 5.18. The number of halogens is 2. The Bertz CT molecular complexity index is 841. The van der Waals surface area contributed by atoms with Gasteiger partial charge in [0.25, 0.3) is 5.92 Å². The molecule has 1 aliphatic heterocycles. The zero-order valence-electron chi connectivity index (χ0n) is 15.0. The zero-order chi connectivity index (χ0) is 18.3. The molecule has 0 saturated carbocycles. The van der Waals surface area contributed by atoms with E-state index >= 15 is 0 Å². The van der Waals surface area contributed by atoms with E-state index in [1.54, 1.807) is 14.2 Å². The lowest BCUT2D eigenvalue weighted by molar-refractivity contribution is -0.0244. The Balaban J connectivity index is 1.81. The van der Waals surface area contributed by atoms with Crippen LogP contribution in [0.15, 0.2) is 12.1 Å². The summed E-state index contributed by atoms with van der Waals surface area (Å²) in [5.41, 5.74) is 3.88. The molecule has 1 aliphatic carbocycles. The molecule has 0 spiro atoms. The van der Waals surface area contributed by atoms with Gasteiger partial charge in [-0.2, -0.15) is 0 Å². The molecule has 1 saturated heterocycles. The van der Waals surface area contributed by atoms with E-state index in [1.807, 2.05) is 12.1 Å². The van der Waals surface area contributed by atoms with Gasteiger partial charge in [-0.15, -0.1) is 0 Å². The Kier molecular flexibility index (Phi) is 4.34. The molecule has 2 N–H and O–H groups in total. The first kappa shape index (κ1) is 17.3. The quantitative estimate of drug-likeness (QED) is 0.874. The Hall–Kier alpha value is -2.15. The summed E-state index contributed by atoms with van der Waals surface area (Å²) < 4.78 is 38.4. The van der Waals surface area contributed by atoms with Gasteiger partial charge in [-0.05, 0) is 30.9 Å². The number of aromatic nitrogens is 1. The minimum atomic E-state index is -2.69. The lowest BCUT2D eigenvalue weighted by atomic mass is 10.0. The molecule has 26 heavy (non-hydrogen) atoms. The van der Waals surface area contributed by atoms with Crippen molar-refractivity contribution in [2.75, 3.05) is 32.6 Å². The average Bonchev–Trinajstić information content (AvgIpc) is 3.08. The van der Waals surface area contributed by atoms with Crippen LogP contribution >= 0.6 is 0 Å². The molecule has 5 nitrogen and oxygen atoms in total. The lowest BCUT2D eigenvalue weighted by Crippen LogP contribution is -2.49. The molecule has 7 heteroatoms. The summed E-state index contributed by atoms with van der Waals surface area (Å²) in [5.74, 6) is -1.47. The van der Waals surface area contributed by atoms with E-state index in [9.17, 15) is 8.78 Å². The van der Waals surface area contributed by atoms with E-state index in [0.717, 1.165) is 47.1 Å². The molecule has 1 aromatic heterocycles. The molecule has 4 rings (SSSR count). The monoisotopic (exact) mass is 363 g/mol. The van der Waals surface area contributed by atoms with Crippen LogP contribution in [0.4, 0.5) is 14.5 Å². The van der Waals surface area contributed by atoms with E-state index in [-0.39, 0.29) is 19.0 Å². The summed E-state index contributed by atoms with van der Waals surface area (Å²) in [4.78, 5) is 4.78. The van der Waals surface area contributed by atoms with Gasteiger partial charge >= 0.3 is 0 Å². The van der Waals surface area contributed by atoms with Gasteiger partial charge in [0.15, 0.2) is 11.5 Å². The Labute approximate surface area is 151 Å². The fourth-order valence-electron chi connectivity index (χ4n) is 3.99. The van der Waals surface area contributed by atoms with E-state index in [1.165, 1.54) is 0 Å². The summed E-state index contributed by atoms with van der Waals surface area (Å²) in [6, 6.07) is 3.41. The number of piperidine rings is 1. The van der Waals surface area contributed by atoms with Crippen molar-refractivity contribution in [2.24, 2.45) is 0 Å². The number of anilines is 1. The number of hydrogen-bond acceptors (Lipinski definition) is 5. The second-order valence-electron chi connectivity index (χ2n) is 7.02. The van der Waals surface area contributed by atoms with Crippen LogP contribution in [0.5, 0.6) is 11.5 Å². The molecule has 2 heterocycles. The number of rotatable bonds is 4. The second-order valence-corrected chi connectivity index (χ2v) is 7.02. The molecule has 2 aromatic rings.